The lowest BCUT2D eigenvalue weighted by atomic mass is 9.96. The fourth-order valence-electron chi connectivity index (χ4n) is 6.26. The number of carbonyl (C=O) groups is 1. The number of aliphatic hydroxyl groups is 4. The van der Waals surface area contributed by atoms with E-state index in [0.29, 0.717) is 5.56 Å². The van der Waals surface area contributed by atoms with Gasteiger partial charge in [0.25, 0.3) is 0 Å². The number of ether oxygens (including phenoxy) is 5. The summed E-state index contributed by atoms with van der Waals surface area (Å²) >= 11 is 0. The minimum Gasteiger partial charge on any atom is -0.507 e. The summed E-state index contributed by atoms with van der Waals surface area (Å²) < 4.78 is 34.8. The van der Waals surface area contributed by atoms with Gasteiger partial charge in [0.2, 0.25) is 6.29 Å². The lowest BCUT2D eigenvalue weighted by molar-refractivity contribution is -0.353. The first kappa shape index (κ1) is 32.1. The Morgan fingerprint density at radius 1 is 0.826 bits per heavy atom. The van der Waals surface area contributed by atoms with E-state index in [-0.39, 0.29) is 49.6 Å². The number of hydrogen-bond acceptors (Lipinski definition) is 13. The van der Waals surface area contributed by atoms with E-state index < -0.39 is 73.0 Å². The maximum absolute atomic E-state index is 13.3. The van der Waals surface area contributed by atoms with E-state index in [9.17, 15) is 40.2 Å². The summed E-state index contributed by atoms with van der Waals surface area (Å²) in [5.41, 5.74) is -0.584. The van der Waals surface area contributed by atoms with Crippen LogP contribution in [0, 0.1) is 6.92 Å². The van der Waals surface area contributed by atoms with Gasteiger partial charge in [-0.25, -0.2) is 9.59 Å². The predicted molar refractivity (Wildman–Crippen MR) is 160 cm³/mol. The maximum atomic E-state index is 13.3. The molecule has 2 fully saturated rings. The van der Waals surface area contributed by atoms with Crippen LogP contribution < -0.4 is 10.4 Å². The highest BCUT2D eigenvalue weighted by molar-refractivity contribution is 6.21. The molecule has 0 unspecified atom stereocenters. The molecule has 0 spiro atoms. The van der Waals surface area contributed by atoms with Crippen LogP contribution in [0.2, 0.25) is 0 Å². The van der Waals surface area contributed by atoms with Crippen molar-refractivity contribution in [2.75, 3.05) is 7.11 Å². The average Bonchev–Trinajstić information content (AvgIpc) is 3.01. The number of aliphatic hydroxyl groups excluding tert-OH is 4. The van der Waals surface area contributed by atoms with Gasteiger partial charge in [0, 0.05) is 23.3 Å². The third-order valence-electron chi connectivity index (χ3n) is 8.74. The molecule has 14 nitrogen and oxygen atoms in total. The van der Waals surface area contributed by atoms with Crippen molar-refractivity contribution in [1.82, 2.24) is 0 Å². The van der Waals surface area contributed by atoms with E-state index in [1.807, 2.05) is 0 Å². The van der Waals surface area contributed by atoms with Gasteiger partial charge in [-0.2, -0.15) is 0 Å². The molecular weight excluding hydrogens is 608 g/mol. The van der Waals surface area contributed by atoms with E-state index in [1.54, 1.807) is 19.9 Å². The summed E-state index contributed by atoms with van der Waals surface area (Å²) in [5, 5.41) is 64.6. The highest BCUT2D eigenvalue weighted by Gasteiger charge is 2.50. The molecule has 46 heavy (non-hydrogen) atoms. The van der Waals surface area contributed by atoms with Gasteiger partial charge >= 0.3 is 11.6 Å². The third kappa shape index (κ3) is 5.16. The Balaban J connectivity index is 1.49. The number of hydrogen-bond donors (Lipinski definition) is 6. The second kappa shape index (κ2) is 12.1. The smallest absolute Gasteiger partial charge is 0.344 e. The molecule has 0 radical (unpaired) electrons. The Labute approximate surface area is 260 Å². The lowest BCUT2D eigenvalue weighted by Gasteiger charge is -2.46. The average molecular weight is 643 g/mol. The van der Waals surface area contributed by atoms with Crippen molar-refractivity contribution >= 4 is 38.5 Å². The Hall–Kier alpha value is -3.86. The normalized spacial score (nSPS) is 31.8. The van der Waals surface area contributed by atoms with Gasteiger partial charge in [-0.3, -0.25) is 0 Å². The zero-order chi connectivity index (χ0) is 33.2. The second-order valence-corrected chi connectivity index (χ2v) is 11.6. The fraction of sp³-hybridized carbons (Fsp3) is 0.438. The summed E-state index contributed by atoms with van der Waals surface area (Å²) in [6, 6.07) is 8.74. The largest absolute Gasteiger partial charge is 0.507 e. The summed E-state index contributed by atoms with van der Waals surface area (Å²) in [6.07, 6.45) is -13.0. The summed E-state index contributed by atoms with van der Waals surface area (Å²) in [4.78, 5) is 25.5. The van der Waals surface area contributed by atoms with Crippen molar-refractivity contribution < 1.29 is 63.5 Å². The summed E-state index contributed by atoms with van der Waals surface area (Å²) in [5.74, 6) is -1.56. The summed E-state index contributed by atoms with van der Waals surface area (Å²) in [6.45, 7) is 4.67. The molecule has 4 aromatic rings. The van der Waals surface area contributed by atoms with E-state index in [2.05, 4.69) is 0 Å². The first-order chi connectivity index (χ1) is 21.8. The SMILES string of the molecule is CO[C@H]1[C@@H](O)[C@H](O[C@@H]2[C@@H](Oc3cccc4c(O)cc5c(oc(=O)c6c(C)ccc(C(=O)O)c65)c34)O[C@@H](C)[C@@H](O)[C@H]2O)O[C@@H](C)[C@H]1O. The second-order valence-electron chi connectivity index (χ2n) is 11.6. The molecular formula is C32H34O14. The number of aromatic hydroxyl groups is 1. The Kier molecular flexibility index (Phi) is 8.41. The molecule has 246 valence electrons. The van der Waals surface area contributed by atoms with E-state index >= 15 is 0 Å². The Bertz CT molecular complexity index is 1870. The molecule has 3 aromatic carbocycles. The zero-order valence-electron chi connectivity index (χ0n) is 25.2. The van der Waals surface area contributed by atoms with Crippen molar-refractivity contribution in [3.8, 4) is 11.5 Å². The van der Waals surface area contributed by atoms with E-state index in [0.717, 1.165) is 0 Å². The molecule has 6 N–H and O–H groups in total. The number of phenolic OH excluding ortho intramolecular Hbond substituents is 1. The molecule has 0 saturated carbocycles. The molecule has 0 aliphatic carbocycles. The molecule has 3 heterocycles. The van der Waals surface area contributed by atoms with Crippen LogP contribution in [0.25, 0.3) is 32.5 Å². The quantitative estimate of drug-likeness (QED) is 0.130. The Morgan fingerprint density at radius 2 is 1.52 bits per heavy atom. The van der Waals surface area contributed by atoms with Crippen LogP contribution in [0.3, 0.4) is 0 Å². The van der Waals surface area contributed by atoms with Crippen molar-refractivity contribution in [3.05, 3.63) is 57.9 Å². The standard InChI is InChI=1S/C32H34O14/c1-11-8-9-15(29(38)39)20-16-10-17(33)14-6-5-7-18(21(14)26(16)45-30(40)19(11)20)44-32-28(24(36)22(34)12(2)43-32)46-31-25(37)27(41-4)23(35)13(3)42-31/h5-10,12-13,22-25,27-28,31-37H,1-4H3,(H,38,39)/t12-,13-,22+,23+,24+,25+,27+,28-,31-,32+/m0/s1. The highest BCUT2D eigenvalue weighted by Crippen LogP contribution is 2.42. The van der Waals surface area contributed by atoms with Gasteiger partial charge in [-0.1, -0.05) is 18.2 Å². The van der Waals surface area contributed by atoms with Crippen molar-refractivity contribution in [3.63, 3.8) is 0 Å². The van der Waals surface area contributed by atoms with Crippen molar-refractivity contribution in [2.45, 2.75) is 82.2 Å². The van der Waals surface area contributed by atoms with Crippen LogP contribution in [0.5, 0.6) is 11.5 Å². The number of phenols is 1. The van der Waals surface area contributed by atoms with Crippen LogP contribution >= 0.6 is 0 Å². The highest BCUT2D eigenvalue weighted by atomic mass is 16.8. The van der Waals surface area contributed by atoms with Gasteiger partial charge in [-0.15, -0.1) is 0 Å². The number of methoxy groups -OCH3 is 1. The number of benzene rings is 3. The minimum absolute atomic E-state index is 0.0107. The molecule has 2 aliphatic rings. The topological polar surface area (TPSA) is 215 Å². The number of carboxylic acids is 1. The molecule has 2 aliphatic heterocycles. The number of fused-ring (bicyclic) bond motifs is 5. The summed E-state index contributed by atoms with van der Waals surface area (Å²) in [7, 11) is 1.30. The molecule has 10 atom stereocenters. The zero-order valence-corrected chi connectivity index (χ0v) is 25.2. The first-order valence-corrected chi connectivity index (χ1v) is 14.6. The van der Waals surface area contributed by atoms with Crippen LogP contribution in [-0.2, 0) is 18.9 Å². The first-order valence-electron chi connectivity index (χ1n) is 14.6. The van der Waals surface area contributed by atoms with Gasteiger partial charge in [0.15, 0.2) is 18.0 Å². The predicted octanol–water partition coefficient (Wildman–Crippen LogP) is 1.52. The molecule has 2 saturated heterocycles. The van der Waals surface area contributed by atoms with Crippen LogP contribution in [0.1, 0.15) is 29.8 Å². The number of carboxylic acid groups (broad SMARTS) is 1. The molecule has 1 aromatic heterocycles. The van der Waals surface area contributed by atoms with E-state index in [1.165, 1.54) is 44.4 Å². The molecule has 14 heteroatoms. The third-order valence-corrected chi connectivity index (χ3v) is 8.74. The monoisotopic (exact) mass is 642 g/mol. The van der Waals surface area contributed by atoms with Crippen LogP contribution in [0.4, 0.5) is 0 Å². The fourth-order valence-corrected chi connectivity index (χ4v) is 6.26. The molecule has 0 amide bonds. The van der Waals surface area contributed by atoms with Gasteiger partial charge in [-0.05, 0) is 44.5 Å². The Morgan fingerprint density at radius 3 is 2.22 bits per heavy atom. The molecule has 6 rings (SSSR count). The van der Waals surface area contributed by atoms with Gasteiger partial charge in [0.1, 0.15) is 42.0 Å². The lowest BCUT2D eigenvalue weighted by Crippen LogP contribution is -2.64. The van der Waals surface area contributed by atoms with Gasteiger partial charge < -0.3 is 58.7 Å². The van der Waals surface area contributed by atoms with Crippen molar-refractivity contribution in [1.29, 1.82) is 0 Å². The maximum Gasteiger partial charge on any atom is 0.344 e. The number of rotatable bonds is 6. The number of aryl methyl sites for hydroxylation is 1. The van der Waals surface area contributed by atoms with Crippen molar-refractivity contribution in [2.24, 2.45) is 0 Å². The van der Waals surface area contributed by atoms with Crippen LogP contribution in [-0.4, -0.2) is 105 Å². The van der Waals surface area contributed by atoms with Gasteiger partial charge in [0.05, 0.1) is 28.5 Å². The van der Waals surface area contributed by atoms with E-state index in [4.69, 9.17) is 28.1 Å². The molecule has 0 bridgehead atoms. The number of aromatic carboxylic acids is 1. The minimum atomic E-state index is -1.62. The van der Waals surface area contributed by atoms with Crippen LogP contribution in [0.15, 0.2) is 45.6 Å².